The Morgan fingerprint density at radius 1 is 1.09 bits per heavy atom. The van der Waals surface area contributed by atoms with Crippen molar-refractivity contribution in [3.05, 3.63) is 73.6 Å². The maximum Gasteiger partial charge on any atom is 0.246 e. The lowest BCUT2D eigenvalue weighted by atomic mass is 10.2. The summed E-state index contributed by atoms with van der Waals surface area (Å²) in [5.41, 5.74) is 7.59. The summed E-state index contributed by atoms with van der Waals surface area (Å²) >= 11 is 0. The third kappa shape index (κ3) is 3.71. The van der Waals surface area contributed by atoms with E-state index in [1.54, 1.807) is 4.90 Å². The molecule has 9 nitrogen and oxygen atoms in total. The summed E-state index contributed by atoms with van der Waals surface area (Å²) in [6, 6.07) is 16.8. The van der Waals surface area contributed by atoms with Crippen LogP contribution in [-0.2, 0) is 9.59 Å². The molecule has 9 heteroatoms. The summed E-state index contributed by atoms with van der Waals surface area (Å²) in [7, 11) is 0. The molecule has 34 heavy (non-hydrogen) atoms. The van der Waals surface area contributed by atoms with Crippen molar-refractivity contribution in [2.75, 3.05) is 28.6 Å². The zero-order valence-corrected chi connectivity index (χ0v) is 18.4. The van der Waals surface area contributed by atoms with Crippen molar-refractivity contribution in [2.24, 2.45) is 0 Å². The number of hydrogen-bond donors (Lipinski definition) is 1. The van der Waals surface area contributed by atoms with E-state index in [0.29, 0.717) is 36.8 Å². The average molecular weight is 457 g/mol. The van der Waals surface area contributed by atoms with Crippen LogP contribution in [0.25, 0.3) is 0 Å². The molecule has 3 heterocycles. The monoisotopic (exact) mass is 456 g/mol. The Balaban J connectivity index is 1.47. The highest BCUT2D eigenvalue weighted by Crippen LogP contribution is 2.47. The van der Waals surface area contributed by atoms with Crippen LogP contribution in [-0.4, -0.2) is 52.4 Å². The largest absolute Gasteiger partial charge is 0.457 e. The van der Waals surface area contributed by atoms with Gasteiger partial charge in [-0.3, -0.25) is 9.59 Å². The summed E-state index contributed by atoms with van der Waals surface area (Å²) in [6.07, 6.45) is 3.59. The number of fused-ring (bicyclic) bond motifs is 1. The normalized spacial score (nSPS) is 19.1. The number of likely N-dealkylation sites (tertiary alicyclic amines) is 1. The standard InChI is InChI=1S/C25H24N6O3/c1-2-22(33)29-13-12-18(14-29)31-21(15-32)30(23-24(26)27-16-28-25(23)31)17-8-10-20(11-9-17)34-19-6-4-3-5-7-19/h2-11,15-16,18,21H,1,12-14H2,(H2,26,27,28)/t18-,21?/m1/s1. The van der Waals surface area contributed by atoms with Gasteiger partial charge in [0, 0.05) is 18.8 Å². The number of benzene rings is 2. The van der Waals surface area contributed by atoms with Crippen LogP contribution in [0.3, 0.4) is 0 Å². The number of aromatic nitrogens is 2. The van der Waals surface area contributed by atoms with Gasteiger partial charge in [-0.15, -0.1) is 0 Å². The number of nitrogens with two attached hydrogens (primary N) is 1. The van der Waals surface area contributed by atoms with E-state index < -0.39 is 6.17 Å². The van der Waals surface area contributed by atoms with Crippen molar-refractivity contribution >= 4 is 35.2 Å². The number of carbonyl (C=O) groups excluding carboxylic acids is 2. The van der Waals surface area contributed by atoms with Gasteiger partial charge in [0.15, 0.2) is 24.1 Å². The SMILES string of the molecule is C=CC(=O)N1CC[C@@H](N2c3ncnc(N)c3N(c3ccc(Oc4ccccc4)cc3)C2C=O)C1. The molecular weight excluding hydrogens is 432 g/mol. The first kappa shape index (κ1) is 21.4. The number of nitrogens with zero attached hydrogens (tertiary/aromatic N) is 5. The van der Waals surface area contributed by atoms with Crippen molar-refractivity contribution in [1.82, 2.24) is 14.9 Å². The first-order chi connectivity index (χ1) is 16.6. The van der Waals surface area contributed by atoms with Gasteiger partial charge in [-0.1, -0.05) is 24.8 Å². The van der Waals surface area contributed by atoms with Crippen molar-refractivity contribution in [2.45, 2.75) is 18.6 Å². The minimum Gasteiger partial charge on any atom is -0.457 e. The van der Waals surface area contributed by atoms with Crippen LogP contribution in [0.1, 0.15) is 6.42 Å². The molecule has 0 saturated carbocycles. The minimum atomic E-state index is -0.682. The van der Waals surface area contributed by atoms with Gasteiger partial charge in [0.2, 0.25) is 5.91 Å². The Labute approximate surface area is 197 Å². The number of carbonyl (C=O) groups is 2. The second-order valence-corrected chi connectivity index (χ2v) is 8.10. The zero-order valence-electron chi connectivity index (χ0n) is 18.4. The van der Waals surface area contributed by atoms with Crippen molar-refractivity contribution in [3.8, 4) is 11.5 Å². The van der Waals surface area contributed by atoms with Crippen LogP contribution in [0, 0.1) is 0 Å². The zero-order chi connectivity index (χ0) is 23.7. The maximum absolute atomic E-state index is 12.4. The van der Waals surface area contributed by atoms with E-state index in [1.165, 1.54) is 12.4 Å². The highest BCUT2D eigenvalue weighted by atomic mass is 16.5. The third-order valence-electron chi connectivity index (χ3n) is 6.12. The van der Waals surface area contributed by atoms with E-state index in [9.17, 15) is 9.59 Å². The number of aldehydes is 1. The fraction of sp³-hybridized carbons (Fsp3) is 0.200. The fourth-order valence-corrected chi connectivity index (χ4v) is 4.58. The van der Waals surface area contributed by atoms with E-state index in [0.717, 1.165) is 17.7 Å². The second-order valence-electron chi connectivity index (χ2n) is 8.10. The van der Waals surface area contributed by atoms with Crippen molar-refractivity contribution in [1.29, 1.82) is 0 Å². The number of rotatable bonds is 6. The summed E-state index contributed by atoms with van der Waals surface area (Å²) in [5.74, 6) is 2.13. The molecule has 2 N–H and O–H groups in total. The predicted octanol–water partition coefficient (Wildman–Crippen LogP) is 3.12. The van der Waals surface area contributed by atoms with Crippen LogP contribution in [0.5, 0.6) is 11.5 Å². The van der Waals surface area contributed by atoms with Gasteiger partial charge in [-0.2, -0.15) is 0 Å². The number of amides is 1. The summed E-state index contributed by atoms with van der Waals surface area (Å²) < 4.78 is 5.90. The lowest BCUT2D eigenvalue weighted by molar-refractivity contribution is -0.125. The molecule has 5 rings (SSSR count). The van der Waals surface area contributed by atoms with E-state index >= 15 is 0 Å². The molecule has 2 aliphatic heterocycles. The number of hydrogen-bond acceptors (Lipinski definition) is 8. The Morgan fingerprint density at radius 3 is 2.53 bits per heavy atom. The van der Waals surface area contributed by atoms with Gasteiger partial charge >= 0.3 is 0 Å². The highest BCUT2D eigenvalue weighted by molar-refractivity contribution is 5.94. The second kappa shape index (κ2) is 8.86. The van der Waals surface area contributed by atoms with Crippen LogP contribution in [0.2, 0.25) is 0 Å². The van der Waals surface area contributed by atoms with Gasteiger partial charge < -0.3 is 25.2 Å². The van der Waals surface area contributed by atoms with Crippen LogP contribution in [0.15, 0.2) is 73.6 Å². The van der Waals surface area contributed by atoms with Crippen LogP contribution in [0.4, 0.5) is 23.0 Å². The lowest BCUT2D eigenvalue weighted by Gasteiger charge is -2.32. The van der Waals surface area contributed by atoms with Gasteiger partial charge in [0.1, 0.15) is 23.5 Å². The summed E-state index contributed by atoms with van der Waals surface area (Å²) in [4.78, 5) is 38.7. The Morgan fingerprint density at radius 2 is 1.82 bits per heavy atom. The number of para-hydroxylation sites is 1. The molecule has 2 aromatic carbocycles. The Bertz CT molecular complexity index is 1220. The molecule has 0 bridgehead atoms. The van der Waals surface area contributed by atoms with Gasteiger partial charge in [-0.05, 0) is 48.9 Å². The molecule has 3 aromatic rings. The number of anilines is 4. The van der Waals surface area contributed by atoms with Gasteiger partial charge in [-0.25, -0.2) is 9.97 Å². The number of nitrogen functional groups attached to an aromatic ring is 1. The van der Waals surface area contributed by atoms with Crippen LogP contribution < -0.4 is 20.3 Å². The van der Waals surface area contributed by atoms with Crippen LogP contribution >= 0.6 is 0 Å². The molecular formula is C25H24N6O3. The summed E-state index contributed by atoms with van der Waals surface area (Å²) in [5, 5.41) is 0. The molecule has 2 aliphatic rings. The molecule has 0 spiro atoms. The van der Waals surface area contributed by atoms with E-state index in [-0.39, 0.29) is 17.8 Å². The van der Waals surface area contributed by atoms with Gasteiger partial charge in [0.05, 0.1) is 6.04 Å². The highest BCUT2D eigenvalue weighted by Gasteiger charge is 2.45. The molecule has 1 unspecified atom stereocenters. The smallest absolute Gasteiger partial charge is 0.246 e. The quantitative estimate of drug-likeness (QED) is 0.446. The lowest BCUT2D eigenvalue weighted by Crippen LogP contribution is -2.49. The Kier molecular flexibility index (Phi) is 5.59. The Hall–Kier alpha value is -4.40. The first-order valence-corrected chi connectivity index (χ1v) is 11.0. The molecule has 0 radical (unpaired) electrons. The van der Waals surface area contributed by atoms with Crippen molar-refractivity contribution in [3.63, 3.8) is 0 Å². The maximum atomic E-state index is 12.4. The van der Waals surface area contributed by atoms with Crippen molar-refractivity contribution < 1.29 is 14.3 Å². The first-order valence-electron chi connectivity index (χ1n) is 11.0. The number of ether oxygens (including phenoxy) is 1. The molecule has 172 valence electrons. The van der Waals surface area contributed by atoms with E-state index in [4.69, 9.17) is 10.5 Å². The average Bonchev–Trinajstić information content (AvgIpc) is 3.48. The minimum absolute atomic E-state index is 0.0992. The molecule has 1 aromatic heterocycles. The third-order valence-corrected chi connectivity index (χ3v) is 6.12. The fourth-order valence-electron chi connectivity index (χ4n) is 4.58. The predicted molar refractivity (Wildman–Crippen MR) is 129 cm³/mol. The molecule has 1 saturated heterocycles. The molecule has 1 fully saturated rings. The molecule has 1 amide bonds. The molecule has 0 aliphatic carbocycles. The molecule has 2 atom stereocenters. The van der Waals surface area contributed by atoms with Gasteiger partial charge in [0.25, 0.3) is 0 Å². The van der Waals surface area contributed by atoms with E-state index in [1.807, 2.05) is 64.4 Å². The van der Waals surface area contributed by atoms with E-state index in [2.05, 4.69) is 16.5 Å². The topological polar surface area (TPSA) is 105 Å². The summed E-state index contributed by atoms with van der Waals surface area (Å²) in [6.45, 7) is 4.63.